The van der Waals surface area contributed by atoms with Crippen LogP contribution < -0.4 is 4.90 Å². The number of hydrogen-bond acceptors (Lipinski definition) is 3. The fraction of sp³-hybridized carbons (Fsp3) is 0.0909. The minimum absolute atomic E-state index is 0.257. The normalized spacial score (nSPS) is 10.9. The van der Waals surface area contributed by atoms with E-state index in [0.717, 1.165) is 16.5 Å². The van der Waals surface area contributed by atoms with Gasteiger partial charge in [0.25, 0.3) is 5.91 Å². The second kappa shape index (κ2) is 7.03. The molecule has 1 amide bonds. The number of furan rings is 1. The topological polar surface area (TPSA) is 46.3 Å². The van der Waals surface area contributed by atoms with Crippen molar-refractivity contribution in [2.45, 2.75) is 13.5 Å². The second-order valence-electron chi connectivity index (χ2n) is 6.26. The molecular weight excluding hydrogens is 343 g/mol. The Morgan fingerprint density at radius 1 is 1.04 bits per heavy atom. The van der Waals surface area contributed by atoms with Gasteiger partial charge in [-0.25, -0.2) is 9.37 Å². The molecule has 0 spiro atoms. The van der Waals surface area contributed by atoms with Gasteiger partial charge in [-0.1, -0.05) is 36.4 Å². The number of hydrogen-bond donors (Lipinski definition) is 0. The molecule has 4 aromatic rings. The van der Waals surface area contributed by atoms with E-state index in [0.29, 0.717) is 11.4 Å². The van der Waals surface area contributed by atoms with E-state index in [9.17, 15) is 9.18 Å². The highest BCUT2D eigenvalue weighted by molar-refractivity contribution is 6.07. The number of nitrogens with zero attached hydrogens (tertiary/aromatic N) is 2. The standard InChI is InChI=1S/C22H17FN2O2/c1-15-18-6-2-3-7-19(18)27-21(15)22(26)25(20-8-4-5-13-24-20)14-16-9-11-17(23)12-10-16/h2-13H,14H2,1H3. The molecule has 0 aliphatic carbocycles. The van der Waals surface area contributed by atoms with Gasteiger partial charge in [-0.3, -0.25) is 9.69 Å². The molecule has 0 radical (unpaired) electrons. The first-order valence-electron chi connectivity index (χ1n) is 8.59. The maximum Gasteiger partial charge on any atom is 0.295 e. The highest BCUT2D eigenvalue weighted by Gasteiger charge is 2.25. The number of carbonyl (C=O) groups excluding carboxylic acids is 1. The Balaban J connectivity index is 1.76. The predicted molar refractivity (Wildman–Crippen MR) is 102 cm³/mol. The summed E-state index contributed by atoms with van der Waals surface area (Å²) in [5.41, 5.74) is 2.25. The van der Waals surface area contributed by atoms with Gasteiger partial charge in [0.2, 0.25) is 0 Å². The Hall–Kier alpha value is -3.47. The summed E-state index contributed by atoms with van der Waals surface area (Å²) in [5, 5.41) is 0.906. The van der Waals surface area contributed by atoms with Crippen molar-refractivity contribution < 1.29 is 13.6 Å². The van der Waals surface area contributed by atoms with Gasteiger partial charge in [-0.05, 0) is 42.8 Å². The quantitative estimate of drug-likeness (QED) is 0.507. The molecule has 0 atom stereocenters. The molecule has 4 rings (SSSR count). The lowest BCUT2D eigenvalue weighted by molar-refractivity contribution is 0.0959. The summed E-state index contributed by atoms with van der Waals surface area (Å²) in [6.45, 7) is 2.13. The van der Waals surface area contributed by atoms with Crippen LogP contribution in [-0.2, 0) is 6.54 Å². The first kappa shape index (κ1) is 17.0. The van der Waals surface area contributed by atoms with E-state index in [2.05, 4.69) is 4.98 Å². The number of halogens is 1. The Morgan fingerprint density at radius 2 is 1.78 bits per heavy atom. The third-order valence-corrected chi connectivity index (χ3v) is 4.46. The number of amides is 1. The van der Waals surface area contributed by atoms with Gasteiger partial charge in [0.1, 0.15) is 17.2 Å². The predicted octanol–water partition coefficient (Wildman–Crippen LogP) is 5.12. The average Bonchev–Trinajstić information content (AvgIpc) is 3.05. The number of pyridine rings is 1. The fourth-order valence-corrected chi connectivity index (χ4v) is 3.04. The molecule has 5 heteroatoms. The Kier molecular flexibility index (Phi) is 4.42. The lowest BCUT2D eigenvalue weighted by Gasteiger charge is -2.21. The molecule has 0 saturated carbocycles. The number of aryl methyl sites for hydroxylation is 1. The van der Waals surface area contributed by atoms with Crippen LogP contribution in [0.2, 0.25) is 0 Å². The summed E-state index contributed by atoms with van der Waals surface area (Å²) < 4.78 is 19.1. The number of benzene rings is 2. The van der Waals surface area contributed by atoms with Crippen molar-refractivity contribution in [3.8, 4) is 0 Å². The van der Waals surface area contributed by atoms with Crippen LogP contribution in [0.1, 0.15) is 21.7 Å². The Bertz CT molecular complexity index is 1090. The van der Waals surface area contributed by atoms with Crippen molar-refractivity contribution in [3.05, 3.63) is 95.6 Å². The molecule has 2 aromatic carbocycles. The van der Waals surface area contributed by atoms with Crippen molar-refractivity contribution in [2.24, 2.45) is 0 Å². The zero-order valence-corrected chi connectivity index (χ0v) is 14.7. The number of rotatable bonds is 4. The summed E-state index contributed by atoms with van der Waals surface area (Å²) in [5.74, 6) is 0.185. The van der Waals surface area contributed by atoms with Crippen LogP contribution in [0.15, 0.2) is 77.3 Å². The molecule has 27 heavy (non-hydrogen) atoms. The summed E-state index contributed by atoms with van der Waals surface area (Å²) in [4.78, 5) is 19.2. The highest BCUT2D eigenvalue weighted by atomic mass is 19.1. The monoisotopic (exact) mass is 360 g/mol. The van der Waals surface area contributed by atoms with Gasteiger partial charge in [-0.2, -0.15) is 0 Å². The van der Waals surface area contributed by atoms with E-state index in [4.69, 9.17) is 4.42 Å². The van der Waals surface area contributed by atoms with Gasteiger partial charge >= 0.3 is 0 Å². The molecule has 0 unspecified atom stereocenters. The van der Waals surface area contributed by atoms with Gasteiger partial charge in [0, 0.05) is 17.1 Å². The number of aromatic nitrogens is 1. The lowest BCUT2D eigenvalue weighted by atomic mass is 10.1. The van der Waals surface area contributed by atoms with Crippen molar-refractivity contribution in [3.63, 3.8) is 0 Å². The molecule has 0 aliphatic rings. The Labute approximate surface area is 155 Å². The van der Waals surface area contributed by atoms with Gasteiger partial charge in [-0.15, -0.1) is 0 Å². The van der Waals surface area contributed by atoms with Crippen LogP contribution in [0, 0.1) is 12.7 Å². The van der Waals surface area contributed by atoms with Crippen molar-refractivity contribution in [2.75, 3.05) is 4.90 Å². The molecule has 134 valence electrons. The molecule has 2 heterocycles. The van der Waals surface area contributed by atoms with E-state index in [1.54, 1.807) is 30.5 Å². The van der Waals surface area contributed by atoms with Crippen molar-refractivity contribution >= 4 is 22.7 Å². The Morgan fingerprint density at radius 3 is 2.48 bits per heavy atom. The van der Waals surface area contributed by atoms with Crippen LogP contribution in [0.3, 0.4) is 0 Å². The fourth-order valence-electron chi connectivity index (χ4n) is 3.04. The smallest absolute Gasteiger partial charge is 0.295 e. The molecule has 4 nitrogen and oxygen atoms in total. The minimum atomic E-state index is -0.317. The van der Waals surface area contributed by atoms with E-state index < -0.39 is 0 Å². The summed E-state index contributed by atoms with van der Waals surface area (Å²) in [6.07, 6.45) is 1.63. The third-order valence-electron chi connectivity index (χ3n) is 4.46. The molecule has 0 fully saturated rings. The molecule has 0 saturated heterocycles. The average molecular weight is 360 g/mol. The van der Waals surface area contributed by atoms with Crippen LogP contribution in [0.4, 0.5) is 10.2 Å². The second-order valence-corrected chi connectivity index (χ2v) is 6.26. The van der Waals surface area contributed by atoms with Crippen LogP contribution >= 0.6 is 0 Å². The summed E-state index contributed by atoms with van der Waals surface area (Å²) in [7, 11) is 0. The van der Waals surface area contributed by atoms with E-state index in [-0.39, 0.29) is 24.0 Å². The number of fused-ring (bicyclic) bond motifs is 1. The van der Waals surface area contributed by atoms with E-state index in [1.807, 2.05) is 37.3 Å². The van der Waals surface area contributed by atoms with Crippen LogP contribution in [0.25, 0.3) is 11.0 Å². The summed E-state index contributed by atoms with van der Waals surface area (Å²) >= 11 is 0. The van der Waals surface area contributed by atoms with E-state index in [1.165, 1.54) is 17.0 Å². The zero-order chi connectivity index (χ0) is 18.8. The first-order valence-corrected chi connectivity index (χ1v) is 8.59. The van der Waals surface area contributed by atoms with Crippen LogP contribution in [-0.4, -0.2) is 10.9 Å². The number of carbonyl (C=O) groups is 1. The first-order chi connectivity index (χ1) is 13.1. The maximum absolute atomic E-state index is 13.3. The molecule has 0 aliphatic heterocycles. The zero-order valence-electron chi connectivity index (χ0n) is 14.7. The lowest BCUT2D eigenvalue weighted by Crippen LogP contribution is -2.31. The molecule has 2 aromatic heterocycles. The van der Waals surface area contributed by atoms with Crippen molar-refractivity contribution in [1.82, 2.24) is 4.98 Å². The number of para-hydroxylation sites is 1. The van der Waals surface area contributed by atoms with Gasteiger partial charge < -0.3 is 4.42 Å². The molecule has 0 bridgehead atoms. The van der Waals surface area contributed by atoms with Gasteiger partial charge in [0.05, 0.1) is 6.54 Å². The number of anilines is 1. The largest absolute Gasteiger partial charge is 0.451 e. The van der Waals surface area contributed by atoms with Gasteiger partial charge in [0.15, 0.2) is 5.76 Å². The molecular formula is C22H17FN2O2. The third kappa shape index (κ3) is 3.31. The maximum atomic E-state index is 13.3. The minimum Gasteiger partial charge on any atom is -0.451 e. The SMILES string of the molecule is Cc1c(C(=O)N(Cc2ccc(F)cc2)c2ccccn2)oc2ccccc12. The van der Waals surface area contributed by atoms with Crippen LogP contribution in [0.5, 0.6) is 0 Å². The van der Waals surface area contributed by atoms with E-state index >= 15 is 0 Å². The summed E-state index contributed by atoms with van der Waals surface area (Å²) in [6, 6.07) is 19.0. The van der Waals surface area contributed by atoms with Crippen molar-refractivity contribution in [1.29, 1.82) is 0 Å². The highest BCUT2D eigenvalue weighted by Crippen LogP contribution is 2.27. The molecule has 0 N–H and O–H groups in total.